The van der Waals surface area contributed by atoms with Gasteiger partial charge in [-0.1, -0.05) is 22.9 Å². The molecule has 1 N–H and O–H groups in total. The second kappa shape index (κ2) is 8.91. The van der Waals surface area contributed by atoms with E-state index in [1.54, 1.807) is 24.1 Å². The number of benzene rings is 2. The van der Waals surface area contributed by atoms with Crippen LogP contribution in [0.4, 0.5) is 10.8 Å². The molecule has 0 spiro atoms. The Balaban J connectivity index is 1.46. The molecule has 2 aromatic carbocycles. The van der Waals surface area contributed by atoms with E-state index in [1.165, 1.54) is 24.5 Å². The number of ether oxygens (including phenoxy) is 2. The monoisotopic (exact) mass is 458 g/mol. The number of carbonyl (C=O) groups is 2. The average molecular weight is 459 g/mol. The third-order valence-electron chi connectivity index (χ3n) is 4.93. The molecule has 8 nitrogen and oxygen atoms in total. The molecule has 1 aliphatic heterocycles. The minimum atomic E-state index is -0.399. The van der Waals surface area contributed by atoms with Crippen LogP contribution in [0.2, 0.25) is 5.02 Å². The van der Waals surface area contributed by atoms with Gasteiger partial charge in [0.1, 0.15) is 16.5 Å². The van der Waals surface area contributed by atoms with Gasteiger partial charge in [0.05, 0.1) is 19.8 Å². The van der Waals surface area contributed by atoms with Crippen LogP contribution >= 0.6 is 22.9 Å². The van der Waals surface area contributed by atoms with E-state index in [9.17, 15) is 9.59 Å². The number of nitrogens with one attached hydrogen (secondary N) is 1. The number of anilines is 2. The lowest BCUT2D eigenvalue weighted by molar-refractivity contribution is -0.117. The van der Waals surface area contributed by atoms with Gasteiger partial charge >= 0.3 is 0 Å². The van der Waals surface area contributed by atoms with Crippen molar-refractivity contribution in [1.29, 1.82) is 0 Å². The van der Waals surface area contributed by atoms with Gasteiger partial charge in [-0.05, 0) is 42.5 Å². The minimum Gasteiger partial charge on any atom is -0.497 e. The zero-order chi connectivity index (χ0) is 22.0. The molecule has 1 fully saturated rings. The summed E-state index contributed by atoms with van der Waals surface area (Å²) in [4.78, 5) is 26.9. The lowest BCUT2D eigenvalue weighted by Crippen LogP contribution is -2.24. The SMILES string of the molecule is COc1ccc(N2CC(c3nnc(NC(=O)c4cc(Cl)ccc4OC)s3)CC2=O)cc1. The van der Waals surface area contributed by atoms with Crippen LogP contribution in [0, 0.1) is 0 Å². The number of halogens is 1. The second-order valence-electron chi connectivity index (χ2n) is 6.85. The molecule has 3 aromatic rings. The van der Waals surface area contributed by atoms with Gasteiger partial charge in [-0.3, -0.25) is 14.9 Å². The standard InChI is InChI=1S/C21H19ClN4O4S/c1-29-15-6-4-14(5-7-15)26-11-12(9-18(26)27)20-24-25-21(31-20)23-19(28)16-10-13(22)3-8-17(16)30-2/h3-8,10,12H,9,11H2,1-2H3,(H,23,25,28). The van der Waals surface area contributed by atoms with Gasteiger partial charge in [0.25, 0.3) is 5.91 Å². The van der Waals surface area contributed by atoms with Crippen LogP contribution < -0.4 is 19.7 Å². The largest absolute Gasteiger partial charge is 0.497 e. The summed E-state index contributed by atoms with van der Waals surface area (Å²) in [7, 11) is 3.08. The molecule has 1 unspecified atom stereocenters. The van der Waals surface area contributed by atoms with Gasteiger partial charge in [-0.2, -0.15) is 0 Å². The van der Waals surface area contributed by atoms with E-state index in [0.29, 0.717) is 39.4 Å². The van der Waals surface area contributed by atoms with E-state index >= 15 is 0 Å². The van der Waals surface area contributed by atoms with Crippen molar-refractivity contribution in [1.82, 2.24) is 10.2 Å². The number of hydrogen-bond acceptors (Lipinski definition) is 7. The number of carbonyl (C=O) groups excluding carboxylic acids is 2. The van der Waals surface area contributed by atoms with Gasteiger partial charge < -0.3 is 14.4 Å². The van der Waals surface area contributed by atoms with Crippen LogP contribution in [-0.4, -0.2) is 42.8 Å². The Morgan fingerprint density at radius 2 is 1.94 bits per heavy atom. The zero-order valence-corrected chi connectivity index (χ0v) is 18.4. The summed E-state index contributed by atoms with van der Waals surface area (Å²) >= 11 is 7.25. The molecule has 1 saturated heterocycles. The van der Waals surface area contributed by atoms with Crippen molar-refractivity contribution in [2.24, 2.45) is 0 Å². The predicted molar refractivity (Wildman–Crippen MR) is 119 cm³/mol. The highest BCUT2D eigenvalue weighted by atomic mass is 35.5. The molecule has 2 amide bonds. The van der Waals surface area contributed by atoms with Crippen molar-refractivity contribution < 1.29 is 19.1 Å². The maximum atomic E-state index is 12.6. The molecule has 160 valence electrons. The number of rotatable bonds is 6. The molecular weight excluding hydrogens is 440 g/mol. The van der Waals surface area contributed by atoms with Crippen molar-refractivity contribution in [2.75, 3.05) is 31.0 Å². The topological polar surface area (TPSA) is 93.7 Å². The van der Waals surface area contributed by atoms with Gasteiger partial charge in [-0.25, -0.2) is 0 Å². The summed E-state index contributed by atoms with van der Waals surface area (Å²) in [6.45, 7) is 0.496. The Kier molecular flexibility index (Phi) is 6.06. The van der Waals surface area contributed by atoms with Crippen LogP contribution in [-0.2, 0) is 4.79 Å². The molecule has 0 radical (unpaired) electrons. The van der Waals surface area contributed by atoms with E-state index in [-0.39, 0.29) is 11.8 Å². The smallest absolute Gasteiger partial charge is 0.261 e. The van der Waals surface area contributed by atoms with Crippen LogP contribution in [0.1, 0.15) is 27.7 Å². The first-order chi connectivity index (χ1) is 15.0. The molecule has 1 aliphatic rings. The maximum Gasteiger partial charge on any atom is 0.261 e. The lowest BCUT2D eigenvalue weighted by Gasteiger charge is -2.16. The molecule has 0 aliphatic carbocycles. The predicted octanol–water partition coefficient (Wildman–Crippen LogP) is 3.98. The van der Waals surface area contributed by atoms with Gasteiger partial charge in [-0.15, -0.1) is 10.2 Å². The Morgan fingerprint density at radius 1 is 1.16 bits per heavy atom. The molecule has 4 rings (SSSR count). The summed E-state index contributed by atoms with van der Waals surface area (Å²) in [6, 6.07) is 12.1. The molecule has 1 aromatic heterocycles. The zero-order valence-electron chi connectivity index (χ0n) is 16.8. The highest BCUT2D eigenvalue weighted by molar-refractivity contribution is 7.15. The molecule has 31 heavy (non-hydrogen) atoms. The Morgan fingerprint density at radius 3 is 2.65 bits per heavy atom. The summed E-state index contributed by atoms with van der Waals surface area (Å²) in [6.07, 6.45) is 0.330. The van der Waals surface area contributed by atoms with E-state index in [4.69, 9.17) is 21.1 Å². The summed E-state index contributed by atoms with van der Waals surface area (Å²) in [5, 5.41) is 12.4. The number of aromatic nitrogens is 2. The summed E-state index contributed by atoms with van der Waals surface area (Å²) < 4.78 is 10.4. The molecule has 0 bridgehead atoms. The minimum absolute atomic E-state index is 0.0135. The van der Waals surface area contributed by atoms with Crippen molar-refractivity contribution in [3.8, 4) is 11.5 Å². The quantitative estimate of drug-likeness (QED) is 0.600. The van der Waals surface area contributed by atoms with Gasteiger partial charge in [0, 0.05) is 29.6 Å². The molecule has 2 heterocycles. The van der Waals surface area contributed by atoms with Crippen molar-refractivity contribution >= 4 is 45.6 Å². The van der Waals surface area contributed by atoms with E-state index in [0.717, 1.165) is 11.4 Å². The number of nitrogens with zero attached hydrogens (tertiary/aromatic N) is 3. The first kappa shape index (κ1) is 21.1. The third-order valence-corrected chi connectivity index (χ3v) is 6.16. The first-order valence-electron chi connectivity index (χ1n) is 9.41. The molecule has 1 atom stereocenters. The Hall–Kier alpha value is -3.17. The van der Waals surface area contributed by atoms with Crippen molar-refractivity contribution in [2.45, 2.75) is 12.3 Å². The van der Waals surface area contributed by atoms with Crippen molar-refractivity contribution in [3.05, 3.63) is 58.1 Å². The normalized spacial score (nSPS) is 15.8. The van der Waals surface area contributed by atoms with E-state index < -0.39 is 5.91 Å². The van der Waals surface area contributed by atoms with Crippen molar-refractivity contribution in [3.63, 3.8) is 0 Å². The fourth-order valence-electron chi connectivity index (χ4n) is 3.36. The van der Waals surface area contributed by atoms with Crippen LogP contribution in [0.3, 0.4) is 0 Å². The third kappa shape index (κ3) is 4.47. The second-order valence-corrected chi connectivity index (χ2v) is 8.29. The van der Waals surface area contributed by atoms with Gasteiger partial charge in [0.15, 0.2) is 0 Å². The Bertz CT molecular complexity index is 1120. The first-order valence-corrected chi connectivity index (χ1v) is 10.6. The Labute approximate surface area is 187 Å². The van der Waals surface area contributed by atoms with E-state index in [1.807, 2.05) is 24.3 Å². The van der Waals surface area contributed by atoms with Crippen LogP contribution in [0.15, 0.2) is 42.5 Å². The maximum absolute atomic E-state index is 12.6. The highest BCUT2D eigenvalue weighted by Crippen LogP contribution is 2.35. The summed E-state index contributed by atoms with van der Waals surface area (Å²) in [5.41, 5.74) is 1.10. The van der Waals surface area contributed by atoms with Gasteiger partial charge in [0.2, 0.25) is 11.0 Å². The lowest BCUT2D eigenvalue weighted by atomic mass is 10.1. The summed E-state index contributed by atoms with van der Waals surface area (Å²) in [5.74, 6) is 0.651. The van der Waals surface area contributed by atoms with E-state index in [2.05, 4.69) is 15.5 Å². The number of hydrogen-bond donors (Lipinski definition) is 1. The molecular formula is C21H19ClN4O4S. The number of amides is 2. The fraction of sp³-hybridized carbons (Fsp3) is 0.238. The molecule has 10 heteroatoms. The number of methoxy groups -OCH3 is 2. The van der Waals surface area contributed by atoms with Crippen LogP contribution in [0.25, 0.3) is 0 Å². The van der Waals surface area contributed by atoms with Crippen LogP contribution in [0.5, 0.6) is 11.5 Å². The molecule has 0 saturated carbocycles. The average Bonchev–Trinajstić information content (AvgIpc) is 3.40. The highest BCUT2D eigenvalue weighted by Gasteiger charge is 2.34. The fourth-order valence-corrected chi connectivity index (χ4v) is 4.36.